The Morgan fingerprint density at radius 2 is 1.96 bits per heavy atom. The van der Waals surface area contributed by atoms with Gasteiger partial charge in [-0.25, -0.2) is 0 Å². The van der Waals surface area contributed by atoms with Crippen molar-refractivity contribution in [2.75, 3.05) is 0 Å². The Hall–Kier alpha value is -3.28. The van der Waals surface area contributed by atoms with Crippen molar-refractivity contribution in [2.45, 2.75) is 26.4 Å². The molecule has 0 saturated carbocycles. The van der Waals surface area contributed by atoms with Crippen LogP contribution >= 0.6 is 0 Å². The number of hydrogen-bond donors (Lipinski definition) is 1. The second-order valence-corrected chi connectivity index (χ2v) is 7.41. The van der Waals surface area contributed by atoms with E-state index in [1.54, 1.807) is 26.0 Å². The minimum atomic E-state index is -0.668. The molecule has 144 valence electrons. The number of furan rings is 1. The number of fused-ring (bicyclic) bond motifs is 1. The van der Waals surface area contributed by atoms with E-state index in [4.69, 9.17) is 4.42 Å². The summed E-state index contributed by atoms with van der Waals surface area (Å²) in [5.41, 5.74) is 1.96. The van der Waals surface area contributed by atoms with Crippen LogP contribution in [0.25, 0.3) is 10.9 Å². The van der Waals surface area contributed by atoms with E-state index in [-0.39, 0.29) is 23.8 Å². The van der Waals surface area contributed by atoms with E-state index >= 15 is 0 Å². The molecule has 3 aromatic rings. The first kappa shape index (κ1) is 18.1. The lowest BCUT2D eigenvalue weighted by Gasteiger charge is -2.26. The Bertz CT molecular complexity index is 1090. The molecule has 6 heteroatoms. The highest BCUT2D eigenvalue weighted by atomic mass is 16.3. The van der Waals surface area contributed by atoms with E-state index in [9.17, 15) is 14.7 Å². The lowest BCUT2D eigenvalue weighted by atomic mass is 9.91. The molecule has 1 unspecified atom stereocenters. The average molecular weight is 378 g/mol. The highest BCUT2D eigenvalue weighted by molar-refractivity contribution is 6.10. The molecular weight excluding hydrogens is 356 g/mol. The van der Waals surface area contributed by atoms with Crippen molar-refractivity contribution >= 4 is 22.6 Å². The minimum Gasteiger partial charge on any atom is -0.503 e. The smallest absolute Gasteiger partial charge is 0.290 e. The topological polar surface area (TPSA) is 75.7 Å². The fourth-order valence-corrected chi connectivity index (χ4v) is 3.86. The predicted octanol–water partition coefficient (Wildman–Crippen LogP) is 3.89. The Morgan fingerprint density at radius 3 is 2.64 bits per heavy atom. The number of aryl methyl sites for hydroxylation is 1. The van der Waals surface area contributed by atoms with Gasteiger partial charge in [-0.3, -0.25) is 9.59 Å². The standard InChI is InChI=1S/C22H22N2O4/c1-13(2)20(25)18-19(16-12-23(3)17-9-5-4-8-15(16)17)24(22(27)21(18)26)11-14-7-6-10-28-14/h4-10,12-13,19,26H,11H2,1-3H3. The van der Waals surface area contributed by atoms with Gasteiger partial charge in [-0.15, -0.1) is 0 Å². The minimum absolute atomic E-state index is 0.155. The third-order valence-corrected chi connectivity index (χ3v) is 5.22. The summed E-state index contributed by atoms with van der Waals surface area (Å²) in [4.78, 5) is 27.4. The maximum absolute atomic E-state index is 12.9. The molecule has 1 aliphatic heterocycles. The Morgan fingerprint density at radius 1 is 1.21 bits per heavy atom. The molecule has 1 N–H and O–H groups in total. The maximum atomic E-state index is 12.9. The number of amides is 1. The molecule has 0 spiro atoms. The fraction of sp³-hybridized carbons (Fsp3) is 0.273. The molecule has 0 aliphatic carbocycles. The highest BCUT2D eigenvalue weighted by Gasteiger charge is 2.45. The van der Waals surface area contributed by atoms with Crippen molar-refractivity contribution in [3.63, 3.8) is 0 Å². The monoisotopic (exact) mass is 378 g/mol. The average Bonchev–Trinajstić information content (AvgIpc) is 3.36. The number of ketones is 1. The van der Waals surface area contributed by atoms with Gasteiger partial charge >= 0.3 is 0 Å². The highest BCUT2D eigenvalue weighted by Crippen LogP contribution is 2.42. The van der Waals surface area contributed by atoms with Crippen molar-refractivity contribution < 1.29 is 19.1 Å². The zero-order chi connectivity index (χ0) is 20.0. The van der Waals surface area contributed by atoms with Crippen molar-refractivity contribution in [1.29, 1.82) is 0 Å². The summed E-state index contributed by atoms with van der Waals surface area (Å²) >= 11 is 0. The SMILES string of the molecule is CC(C)C(=O)C1=C(O)C(=O)N(Cc2ccco2)C1c1cn(C)c2ccccc12. The number of aromatic nitrogens is 1. The Labute approximate surface area is 162 Å². The molecule has 0 radical (unpaired) electrons. The number of para-hydroxylation sites is 1. The summed E-state index contributed by atoms with van der Waals surface area (Å²) in [6.45, 7) is 3.70. The molecule has 3 heterocycles. The van der Waals surface area contributed by atoms with E-state index in [0.29, 0.717) is 5.76 Å². The summed E-state index contributed by atoms with van der Waals surface area (Å²) < 4.78 is 7.38. The molecule has 1 amide bonds. The van der Waals surface area contributed by atoms with Crippen LogP contribution in [-0.4, -0.2) is 26.3 Å². The van der Waals surface area contributed by atoms with Gasteiger partial charge in [0.1, 0.15) is 5.76 Å². The molecule has 4 rings (SSSR count). The molecule has 1 atom stereocenters. The lowest BCUT2D eigenvalue weighted by molar-refractivity contribution is -0.130. The number of nitrogens with zero attached hydrogens (tertiary/aromatic N) is 2. The molecular formula is C22H22N2O4. The van der Waals surface area contributed by atoms with Gasteiger partial charge in [-0.05, 0) is 18.2 Å². The number of aliphatic hydroxyl groups is 1. The summed E-state index contributed by atoms with van der Waals surface area (Å²) in [6, 6.07) is 10.7. The Balaban J connectivity index is 1.90. The zero-order valence-corrected chi connectivity index (χ0v) is 16.0. The third kappa shape index (κ3) is 2.72. The first-order valence-corrected chi connectivity index (χ1v) is 9.24. The van der Waals surface area contributed by atoms with Gasteiger partial charge in [-0.1, -0.05) is 32.0 Å². The van der Waals surface area contributed by atoms with Gasteiger partial charge in [0.05, 0.1) is 24.4 Å². The number of hydrogen-bond acceptors (Lipinski definition) is 4. The molecule has 1 aliphatic rings. The summed E-state index contributed by atoms with van der Waals surface area (Å²) in [5.74, 6) is -1.01. The number of benzene rings is 1. The van der Waals surface area contributed by atoms with Crippen LogP contribution in [-0.2, 0) is 23.2 Å². The van der Waals surface area contributed by atoms with Crippen LogP contribution in [0.1, 0.15) is 31.2 Å². The number of carbonyl (C=O) groups is 2. The fourth-order valence-electron chi connectivity index (χ4n) is 3.86. The lowest BCUT2D eigenvalue weighted by Crippen LogP contribution is -2.31. The number of Topliss-reactive ketones (excluding diaryl/α,β-unsaturated/α-hetero) is 1. The van der Waals surface area contributed by atoms with E-state index in [1.807, 2.05) is 42.1 Å². The van der Waals surface area contributed by atoms with Crippen LogP contribution in [0.4, 0.5) is 0 Å². The van der Waals surface area contributed by atoms with Crippen LogP contribution in [0.5, 0.6) is 0 Å². The van der Waals surface area contributed by atoms with Crippen molar-refractivity contribution in [1.82, 2.24) is 9.47 Å². The zero-order valence-electron chi connectivity index (χ0n) is 16.0. The van der Waals surface area contributed by atoms with E-state index < -0.39 is 17.7 Å². The first-order valence-electron chi connectivity index (χ1n) is 9.24. The van der Waals surface area contributed by atoms with Crippen LogP contribution in [0.2, 0.25) is 0 Å². The molecule has 1 aromatic carbocycles. The second kappa shape index (κ2) is 6.71. The summed E-state index contributed by atoms with van der Waals surface area (Å²) in [7, 11) is 1.92. The van der Waals surface area contributed by atoms with Crippen LogP contribution in [0.3, 0.4) is 0 Å². The molecule has 2 aromatic heterocycles. The molecule has 6 nitrogen and oxygen atoms in total. The first-order chi connectivity index (χ1) is 13.4. The second-order valence-electron chi connectivity index (χ2n) is 7.41. The van der Waals surface area contributed by atoms with Crippen molar-refractivity contribution in [3.05, 3.63) is 71.5 Å². The van der Waals surface area contributed by atoms with E-state index in [1.165, 1.54) is 11.2 Å². The number of carbonyl (C=O) groups excluding carboxylic acids is 2. The predicted molar refractivity (Wildman–Crippen MR) is 104 cm³/mol. The van der Waals surface area contributed by atoms with Gasteiger partial charge in [0.25, 0.3) is 5.91 Å². The van der Waals surface area contributed by atoms with Crippen LogP contribution in [0, 0.1) is 5.92 Å². The molecule has 28 heavy (non-hydrogen) atoms. The molecule has 0 fully saturated rings. The van der Waals surface area contributed by atoms with E-state index in [0.717, 1.165) is 16.5 Å². The van der Waals surface area contributed by atoms with Gasteiger partial charge in [0.15, 0.2) is 11.5 Å². The van der Waals surface area contributed by atoms with E-state index in [2.05, 4.69) is 0 Å². The number of rotatable bonds is 5. The van der Waals surface area contributed by atoms with Gasteiger partial charge in [0.2, 0.25) is 0 Å². The summed E-state index contributed by atoms with van der Waals surface area (Å²) in [5, 5.41) is 11.6. The molecule has 0 saturated heterocycles. The van der Waals surface area contributed by atoms with Gasteiger partial charge in [0, 0.05) is 35.6 Å². The largest absolute Gasteiger partial charge is 0.503 e. The van der Waals surface area contributed by atoms with Crippen molar-refractivity contribution in [2.24, 2.45) is 13.0 Å². The van der Waals surface area contributed by atoms with Crippen LogP contribution < -0.4 is 0 Å². The quantitative estimate of drug-likeness (QED) is 0.731. The Kier molecular flexibility index (Phi) is 4.34. The van der Waals surface area contributed by atoms with Crippen LogP contribution in [0.15, 0.2) is 64.6 Å². The normalized spacial score (nSPS) is 17.4. The maximum Gasteiger partial charge on any atom is 0.290 e. The number of aliphatic hydroxyl groups excluding tert-OH is 1. The summed E-state index contributed by atoms with van der Waals surface area (Å²) in [6.07, 6.45) is 3.46. The third-order valence-electron chi connectivity index (χ3n) is 5.22. The molecule has 0 bridgehead atoms. The van der Waals surface area contributed by atoms with Gasteiger partial charge < -0.3 is 19.0 Å². The van der Waals surface area contributed by atoms with Crippen molar-refractivity contribution in [3.8, 4) is 0 Å². The van der Waals surface area contributed by atoms with Gasteiger partial charge in [-0.2, -0.15) is 0 Å².